The van der Waals surface area contributed by atoms with E-state index >= 15 is 0 Å². The number of ether oxygens (including phenoxy) is 1. The first-order valence-electron chi connectivity index (χ1n) is 5.94. The summed E-state index contributed by atoms with van der Waals surface area (Å²) in [5.41, 5.74) is 2.17. The maximum Gasteiger partial charge on any atom is 0.253 e. The third kappa shape index (κ3) is 4.43. The summed E-state index contributed by atoms with van der Waals surface area (Å²) in [7, 11) is 1.53. The van der Waals surface area contributed by atoms with Crippen molar-refractivity contribution in [3.63, 3.8) is 0 Å². The number of aromatic nitrogens is 1. The Hall–Kier alpha value is -1.46. The van der Waals surface area contributed by atoms with Crippen LogP contribution in [0, 0.1) is 13.8 Å². The molecule has 0 saturated heterocycles. The van der Waals surface area contributed by atoms with Crippen molar-refractivity contribution >= 4 is 5.91 Å². The summed E-state index contributed by atoms with van der Waals surface area (Å²) in [4.78, 5) is 16.1. The second-order valence-corrected chi connectivity index (χ2v) is 4.24. The zero-order valence-electron chi connectivity index (χ0n) is 11.1. The highest BCUT2D eigenvalue weighted by molar-refractivity contribution is 5.95. The number of amides is 1. The molecular formula is C13H20N2O3. The third-order valence-corrected chi connectivity index (χ3v) is 2.59. The van der Waals surface area contributed by atoms with Crippen LogP contribution in [0.5, 0.6) is 0 Å². The molecule has 0 radical (unpaired) electrons. The predicted molar refractivity (Wildman–Crippen MR) is 68.5 cm³/mol. The molecule has 0 spiro atoms. The Morgan fingerprint density at radius 1 is 1.50 bits per heavy atom. The lowest BCUT2D eigenvalue weighted by Crippen LogP contribution is -2.29. The standard InChI is InChI=1S/C13H20N2O3/c1-9-4-5-12(10(2)15-9)13(17)14-7-6-11(16)8-18-3/h4-5,11,16H,6-8H2,1-3H3,(H,14,17). The minimum Gasteiger partial charge on any atom is -0.391 e. The maximum atomic E-state index is 11.9. The first kappa shape index (κ1) is 14.6. The molecule has 1 amide bonds. The van der Waals surface area contributed by atoms with Crippen molar-refractivity contribution in [2.45, 2.75) is 26.4 Å². The molecule has 0 aromatic carbocycles. The SMILES string of the molecule is COCC(O)CCNC(=O)c1ccc(C)nc1C. The number of pyridine rings is 1. The second kappa shape index (κ2) is 7.08. The minimum atomic E-state index is -0.549. The zero-order chi connectivity index (χ0) is 13.5. The fourth-order valence-corrected chi connectivity index (χ4v) is 1.65. The highest BCUT2D eigenvalue weighted by atomic mass is 16.5. The molecule has 0 aliphatic heterocycles. The molecular weight excluding hydrogens is 232 g/mol. The number of hydrogen-bond acceptors (Lipinski definition) is 4. The molecule has 2 N–H and O–H groups in total. The molecule has 100 valence electrons. The molecule has 1 unspecified atom stereocenters. The Balaban J connectivity index is 2.45. The van der Waals surface area contributed by atoms with Gasteiger partial charge in [0.05, 0.1) is 24.0 Å². The number of nitrogens with zero attached hydrogens (tertiary/aromatic N) is 1. The molecule has 0 saturated carbocycles. The van der Waals surface area contributed by atoms with E-state index in [4.69, 9.17) is 4.74 Å². The van der Waals surface area contributed by atoms with Crippen LogP contribution in [0.2, 0.25) is 0 Å². The molecule has 1 rings (SSSR count). The van der Waals surface area contributed by atoms with Gasteiger partial charge < -0.3 is 15.2 Å². The molecule has 0 fully saturated rings. The van der Waals surface area contributed by atoms with Gasteiger partial charge in [-0.05, 0) is 32.4 Å². The van der Waals surface area contributed by atoms with Gasteiger partial charge in [-0.2, -0.15) is 0 Å². The van der Waals surface area contributed by atoms with Crippen LogP contribution in [-0.4, -0.2) is 42.4 Å². The average molecular weight is 252 g/mol. The Morgan fingerprint density at radius 3 is 2.83 bits per heavy atom. The van der Waals surface area contributed by atoms with Crippen LogP contribution in [0.4, 0.5) is 0 Å². The Morgan fingerprint density at radius 2 is 2.22 bits per heavy atom. The van der Waals surface area contributed by atoms with Gasteiger partial charge in [-0.1, -0.05) is 0 Å². The third-order valence-electron chi connectivity index (χ3n) is 2.59. The number of nitrogens with one attached hydrogen (secondary N) is 1. The number of rotatable bonds is 6. The summed E-state index contributed by atoms with van der Waals surface area (Å²) in [6.07, 6.45) is -0.0784. The second-order valence-electron chi connectivity index (χ2n) is 4.24. The fraction of sp³-hybridized carbons (Fsp3) is 0.538. The summed E-state index contributed by atoms with van der Waals surface area (Å²) < 4.78 is 4.81. The average Bonchev–Trinajstić information content (AvgIpc) is 2.29. The number of aliphatic hydroxyl groups is 1. The van der Waals surface area contributed by atoms with E-state index in [1.165, 1.54) is 7.11 Å². The Bertz CT molecular complexity index is 407. The summed E-state index contributed by atoms with van der Waals surface area (Å²) >= 11 is 0. The van der Waals surface area contributed by atoms with Crippen molar-refractivity contribution < 1.29 is 14.6 Å². The lowest BCUT2D eigenvalue weighted by atomic mass is 10.1. The molecule has 0 aliphatic rings. The van der Waals surface area contributed by atoms with Gasteiger partial charge in [-0.15, -0.1) is 0 Å². The first-order chi connectivity index (χ1) is 8.54. The van der Waals surface area contributed by atoms with E-state index in [2.05, 4.69) is 10.3 Å². The summed E-state index contributed by atoms with van der Waals surface area (Å²) in [5, 5.41) is 12.2. The number of carbonyl (C=O) groups excluding carboxylic acids is 1. The van der Waals surface area contributed by atoms with Crippen LogP contribution in [0.3, 0.4) is 0 Å². The number of methoxy groups -OCH3 is 1. The van der Waals surface area contributed by atoms with Crippen molar-refractivity contribution in [1.29, 1.82) is 0 Å². The van der Waals surface area contributed by atoms with Crippen LogP contribution in [-0.2, 0) is 4.74 Å². The smallest absolute Gasteiger partial charge is 0.253 e. The van der Waals surface area contributed by atoms with E-state index in [0.717, 1.165) is 5.69 Å². The maximum absolute atomic E-state index is 11.9. The minimum absolute atomic E-state index is 0.162. The van der Waals surface area contributed by atoms with Crippen molar-refractivity contribution in [2.24, 2.45) is 0 Å². The molecule has 5 heteroatoms. The van der Waals surface area contributed by atoms with E-state index in [9.17, 15) is 9.90 Å². The van der Waals surface area contributed by atoms with Crippen molar-refractivity contribution in [3.8, 4) is 0 Å². The van der Waals surface area contributed by atoms with Crippen LogP contribution >= 0.6 is 0 Å². The van der Waals surface area contributed by atoms with E-state index < -0.39 is 6.10 Å². The quantitative estimate of drug-likeness (QED) is 0.786. The van der Waals surface area contributed by atoms with Crippen LogP contribution in [0.25, 0.3) is 0 Å². The Labute approximate surface area is 107 Å². The number of carbonyl (C=O) groups is 1. The lowest BCUT2D eigenvalue weighted by molar-refractivity contribution is 0.0587. The number of aliphatic hydroxyl groups excluding tert-OH is 1. The van der Waals surface area contributed by atoms with E-state index in [1.54, 1.807) is 6.07 Å². The van der Waals surface area contributed by atoms with Crippen LogP contribution < -0.4 is 5.32 Å². The molecule has 18 heavy (non-hydrogen) atoms. The monoisotopic (exact) mass is 252 g/mol. The fourth-order valence-electron chi connectivity index (χ4n) is 1.65. The van der Waals surface area contributed by atoms with Crippen LogP contribution in [0.1, 0.15) is 28.2 Å². The van der Waals surface area contributed by atoms with E-state index in [1.807, 2.05) is 19.9 Å². The Kier molecular flexibility index (Phi) is 5.74. The molecule has 1 heterocycles. The van der Waals surface area contributed by atoms with Gasteiger partial charge in [0.15, 0.2) is 0 Å². The lowest BCUT2D eigenvalue weighted by Gasteiger charge is -2.11. The van der Waals surface area contributed by atoms with Gasteiger partial charge in [0.1, 0.15) is 0 Å². The van der Waals surface area contributed by atoms with E-state index in [-0.39, 0.29) is 12.5 Å². The highest BCUT2D eigenvalue weighted by Crippen LogP contribution is 2.06. The normalized spacial score (nSPS) is 12.2. The molecule has 0 aliphatic carbocycles. The van der Waals surface area contributed by atoms with Crippen molar-refractivity contribution in [1.82, 2.24) is 10.3 Å². The summed E-state index contributed by atoms with van der Waals surface area (Å²) in [6.45, 7) is 4.38. The first-order valence-corrected chi connectivity index (χ1v) is 5.94. The van der Waals surface area contributed by atoms with Gasteiger partial charge in [-0.25, -0.2) is 0 Å². The summed E-state index contributed by atoms with van der Waals surface area (Å²) in [5.74, 6) is -0.162. The molecule has 1 aromatic rings. The zero-order valence-corrected chi connectivity index (χ0v) is 11.1. The summed E-state index contributed by atoms with van der Waals surface area (Å²) in [6, 6.07) is 3.57. The molecule has 1 aromatic heterocycles. The van der Waals surface area contributed by atoms with Gasteiger partial charge in [0.25, 0.3) is 5.91 Å². The van der Waals surface area contributed by atoms with E-state index in [0.29, 0.717) is 24.2 Å². The van der Waals surface area contributed by atoms with Gasteiger partial charge >= 0.3 is 0 Å². The predicted octanol–water partition coefficient (Wildman–Crippen LogP) is 0.826. The number of hydrogen-bond donors (Lipinski definition) is 2. The van der Waals surface area contributed by atoms with Crippen molar-refractivity contribution in [2.75, 3.05) is 20.3 Å². The van der Waals surface area contributed by atoms with Gasteiger partial charge in [-0.3, -0.25) is 9.78 Å². The number of aryl methyl sites for hydroxylation is 2. The van der Waals surface area contributed by atoms with Gasteiger partial charge in [0.2, 0.25) is 0 Å². The molecule has 0 bridgehead atoms. The molecule has 1 atom stereocenters. The topological polar surface area (TPSA) is 71.5 Å². The largest absolute Gasteiger partial charge is 0.391 e. The van der Waals surface area contributed by atoms with Crippen LogP contribution in [0.15, 0.2) is 12.1 Å². The molecule has 5 nitrogen and oxygen atoms in total. The highest BCUT2D eigenvalue weighted by Gasteiger charge is 2.10. The van der Waals surface area contributed by atoms with Crippen molar-refractivity contribution in [3.05, 3.63) is 29.1 Å². The van der Waals surface area contributed by atoms with Gasteiger partial charge in [0, 0.05) is 19.3 Å².